The van der Waals surface area contributed by atoms with Gasteiger partial charge in [-0.25, -0.2) is 9.59 Å². The fourth-order valence-electron chi connectivity index (χ4n) is 3.63. The fraction of sp³-hybridized carbons (Fsp3) is 0.524. The standard InChI is InChI=1S/C21H26N2O6/c1-21(2,3)28-20(27)22-16-12-6-4-5-11-15(16)19(26)29-23-17(24)13-9-7-8-10-14(13)18(23)25/h7-10,15-16H,4-6,11-12H2,1-3H3,(H,22,27)/t15-,16+/m1/s1. The molecule has 1 fully saturated rings. The third-order valence-corrected chi connectivity index (χ3v) is 4.96. The Balaban J connectivity index is 1.71. The molecule has 2 atom stereocenters. The average Bonchev–Trinajstić information content (AvgIpc) is 2.80. The van der Waals surface area contributed by atoms with Crippen LogP contribution in [0.15, 0.2) is 24.3 Å². The topological polar surface area (TPSA) is 102 Å². The molecule has 2 aliphatic rings. The van der Waals surface area contributed by atoms with Gasteiger partial charge >= 0.3 is 12.1 Å². The van der Waals surface area contributed by atoms with E-state index in [9.17, 15) is 19.2 Å². The summed E-state index contributed by atoms with van der Waals surface area (Å²) in [4.78, 5) is 55.2. The summed E-state index contributed by atoms with van der Waals surface area (Å²) in [5.41, 5.74) is -0.255. The molecule has 0 unspecified atom stereocenters. The number of alkyl carbamates (subject to hydrolysis) is 1. The Kier molecular flexibility index (Phi) is 5.91. The minimum atomic E-state index is -0.706. The van der Waals surface area contributed by atoms with Crippen molar-refractivity contribution >= 4 is 23.9 Å². The first-order valence-electron chi connectivity index (χ1n) is 9.86. The van der Waals surface area contributed by atoms with Gasteiger partial charge in [0.2, 0.25) is 0 Å². The Morgan fingerprint density at radius 1 is 1.00 bits per heavy atom. The molecule has 3 amide bonds. The Hall–Kier alpha value is -2.90. The highest BCUT2D eigenvalue weighted by atomic mass is 16.7. The van der Waals surface area contributed by atoms with E-state index >= 15 is 0 Å². The summed E-state index contributed by atoms with van der Waals surface area (Å²) in [6, 6.07) is 5.82. The third-order valence-electron chi connectivity index (χ3n) is 4.96. The fourth-order valence-corrected chi connectivity index (χ4v) is 3.63. The number of rotatable bonds is 3. The Bertz CT molecular complexity index is 794. The van der Waals surface area contributed by atoms with E-state index < -0.39 is 41.4 Å². The molecule has 1 aromatic rings. The van der Waals surface area contributed by atoms with Crippen LogP contribution in [0.25, 0.3) is 0 Å². The van der Waals surface area contributed by atoms with Crippen LogP contribution in [0.3, 0.4) is 0 Å². The third kappa shape index (κ3) is 4.75. The van der Waals surface area contributed by atoms with Crippen LogP contribution in [-0.2, 0) is 14.4 Å². The molecule has 8 heteroatoms. The van der Waals surface area contributed by atoms with Crippen molar-refractivity contribution in [1.29, 1.82) is 0 Å². The highest BCUT2D eigenvalue weighted by molar-refractivity contribution is 6.20. The maximum atomic E-state index is 12.9. The van der Waals surface area contributed by atoms with Gasteiger partial charge in [-0.15, -0.1) is 0 Å². The van der Waals surface area contributed by atoms with Gasteiger partial charge in [-0.2, -0.15) is 0 Å². The molecule has 0 spiro atoms. The molecule has 0 saturated heterocycles. The monoisotopic (exact) mass is 402 g/mol. The second-order valence-corrected chi connectivity index (χ2v) is 8.36. The van der Waals surface area contributed by atoms with Crippen LogP contribution in [0.5, 0.6) is 0 Å². The van der Waals surface area contributed by atoms with E-state index in [1.165, 1.54) is 12.1 Å². The second-order valence-electron chi connectivity index (χ2n) is 8.36. The summed E-state index contributed by atoms with van der Waals surface area (Å²) >= 11 is 0. The first-order valence-corrected chi connectivity index (χ1v) is 9.86. The molecule has 1 saturated carbocycles. The number of hydroxylamine groups is 2. The summed E-state index contributed by atoms with van der Waals surface area (Å²) in [7, 11) is 0. The number of carbonyl (C=O) groups excluding carboxylic acids is 4. The normalized spacial score (nSPS) is 22.0. The van der Waals surface area contributed by atoms with E-state index in [0.717, 1.165) is 19.3 Å². The van der Waals surface area contributed by atoms with Crippen LogP contribution in [0.4, 0.5) is 4.79 Å². The molecule has 1 heterocycles. The number of ether oxygens (including phenoxy) is 1. The lowest BCUT2D eigenvalue weighted by Crippen LogP contribution is -2.47. The van der Waals surface area contributed by atoms with Crippen molar-refractivity contribution in [1.82, 2.24) is 10.4 Å². The van der Waals surface area contributed by atoms with E-state index in [-0.39, 0.29) is 11.1 Å². The van der Waals surface area contributed by atoms with Crippen molar-refractivity contribution in [2.45, 2.75) is 64.5 Å². The van der Waals surface area contributed by atoms with Crippen LogP contribution < -0.4 is 5.32 Å². The molecular weight excluding hydrogens is 376 g/mol. The highest BCUT2D eigenvalue weighted by Crippen LogP contribution is 2.28. The average molecular weight is 402 g/mol. The van der Waals surface area contributed by atoms with Gasteiger partial charge in [-0.05, 0) is 45.7 Å². The largest absolute Gasteiger partial charge is 0.444 e. The van der Waals surface area contributed by atoms with Crippen molar-refractivity contribution in [3.8, 4) is 0 Å². The predicted octanol–water partition coefficient (Wildman–Crippen LogP) is 3.21. The zero-order valence-corrected chi connectivity index (χ0v) is 16.9. The molecule has 3 rings (SSSR count). The van der Waals surface area contributed by atoms with Crippen molar-refractivity contribution in [2.75, 3.05) is 0 Å². The quantitative estimate of drug-likeness (QED) is 0.615. The van der Waals surface area contributed by atoms with E-state index in [2.05, 4.69) is 5.32 Å². The smallest absolute Gasteiger partial charge is 0.407 e. The van der Waals surface area contributed by atoms with E-state index in [4.69, 9.17) is 9.57 Å². The predicted molar refractivity (Wildman–Crippen MR) is 103 cm³/mol. The molecule has 8 nitrogen and oxygen atoms in total. The Morgan fingerprint density at radius 2 is 1.59 bits per heavy atom. The zero-order chi connectivity index (χ0) is 21.2. The molecule has 156 valence electrons. The number of hydrogen-bond donors (Lipinski definition) is 1. The number of amides is 3. The summed E-state index contributed by atoms with van der Waals surface area (Å²) < 4.78 is 5.30. The molecule has 0 aromatic heterocycles. The minimum absolute atomic E-state index is 0.203. The maximum absolute atomic E-state index is 12.9. The number of imide groups is 1. The van der Waals surface area contributed by atoms with Crippen molar-refractivity contribution in [3.05, 3.63) is 35.4 Å². The molecule has 0 radical (unpaired) electrons. The van der Waals surface area contributed by atoms with Gasteiger partial charge < -0.3 is 14.9 Å². The van der Waals surface area contributed by atoms with Crippen LogP contribution in [-0.4, -0.2) is 40.6 Å². The lowest BCUT2D eigenvalue weighted by Gasteiger charge is -2.27. The molecule has 1 N–H and O–H groups in total. The van der Waals surface area contributed by atoms with Gasteiger partial charge in [0.25, 0.3) is 11.8 Å². The lowest BCUT2D eigenvalue weighted by atomic mass is 9.95. The van der Waals surface area contributed by atoms with Crippen LogP contribution in [0.2, 0.25) is 0 Å². The van der Waals surface area contributed by atoms with E-state index in [1.54, 1.807) is 32.9 Å². The molecule has 1 aliphatic carbocycles. The SMILES string of the molecule is CC(C)(C)OC(=O)N[C@H]1CCCCC[C@H]1C(=O)ON1C(=O)c2ccccc2C1=O. The number of nitrogens with one attached hydrogen (secondary N) is 1. The van der Waals surface area contributed by atoms with Crippen molar-refractivity contribution < 1.29 is 28.8 Å². The van der Waals surface area contributed by atoms with Crippen molar-refractivity contribution in [3.63, 3.8) is 0 Å². The lowest BCUT2D eigenvalue weighted by molar-refractivity contribution is -0.175. The van der Waals surface area contributed by atoms with Crippen LogP contribution in [0, 0.1) is 5.92 Å². The van der Waals surface area contributed by atoms with Gasteiger partial charge in [-0.1, -0.05) is 36.5 Å². The van der Waals surface area contributed by atoms with E-state index in [0.29, 0.717) is 17.9 Å². The Morgan fingerprint density at radius 3 is 2.17 bits per heavy atom. The molecule has 1 aromatic carbocycles. The maximum Gasteiger partial charge on any atom is 0.407 e. The van der Waals surface area contributed by atoms with Gasteiger partial charge in [0.05, 0.1) is 17.0 Å². The van der Waals surface area contributed by atoms with Gasteiger partial charge in [0.1, 0.15) is 5.60 Å². The molecular formula is C21H26N2O6. The van der Waals surface area contributed by atoms with Crippen molar-refractivity contribution in [2.24, 2.45) is 5.92 Å². The van der Waals surface area contributed by atoms with Crippen LogP contribution in [0.1, 0.15) is 73.6 Å². The second kappa shape index (κ2) is 8.23. The van der Waals surface area contributed by atoms with Gasteiger partial charge in [0, 0.05) is 6.04 Å². The Labute approximate surface area is 169 Å². The molecule has 0 bridgehead atoms. The number of carbonyl (C=O) groups is 4. The number of hydrogen-bond acceptors (Lipinski definition) is 6. The van der Waals surface area contributed by atoms with E-state index in [1.807, 2.05) is 0 Å². The highest BCUT2D eigenvalue weighted by Gasteiger charge is 2.41. The molecule has 29 heavy (non-hydrogen) atoms. The minimum Gasteiger partial charge on any atom is -0.444 e. The summed E-state index contributed by atoms with van der Waals surface area (Å²) in [6.07, 6.45) is 3.02. The van der Waals surface area contributed by atoms with Gasteiger partial charge in [0.15, 0.2) is 0 Å². The molecule has 1 aliphatic heterocycles. The summed E-state index contributed by atoms with van der Waals surface area (Å²) in [6.45, 7) is 5.27. The first kappa shape index (κ1) is 20.8. The van der Waals surface area contributed by atoms with Crippen LogP contribution >= 0.6 is 0 Å². The number of fused-ring (bicyclic) bond motifs is 1. The van der Waals surface area contributed by atoms with Gasteiger partial charge in [-0.3, -0.25) is 9.59 Å². The number of nitrogens with zero attached hydrogens (tertiary/aromatic N) is 1. The number of benzene rings is 1. The zero-order valence-electron chi connectivity index (χ0n) is 16.9. The summed E-state index contributed by atoms with van der Waals surface area (Å²) in [5, 5.41) is 3.28. The summed E-state index contributed by atoms with van der Waals surface area (Å²) in [5.74, 6) is -2.70. The first-order chi connectivity index (χ1) is 13.7.